The van der Waals surface area contributed by atoms with Crippen LogP contribution < -0.4 is 19.6 Å². The third-order valence-corrected chi connectivity index (χ3v) is 6.10. The molecular formula is C24H22ClN3O6S. The summed E-state index contributed by atoms with van der Waals surface area (Å²) in [6.07, 6.45) is 1.34. The average molecular weight is 516 g/mol. The van der Waals surface area contributed by atoms with Crippen molar-refractivity contribution in [2.45, 2.75) is 11.8 Å². The van der Waals surface area contributed by atoms with E-state index in [9.17, 15) is 18.0 Å². The summed E-state index contributed by atoms with van der Waals surface area (Å²) < 4.78 is 37.5. The highest BCUT2D eigenvalue weighted by molar-refractivity contribution is 7.89. The van der Waals surface area contributed by atoms with Crippen molar-refractivity contribution in [3.05, 3.63) is 88.9 Å². The van der Waals surface area contributed by atoms with Crippen molar-refractivity contribution in [2.75, 3.05) is 13.2 Å². The van der Waals surface area contributed by atoms with Crippen molar-refractivity contribution in [1.82, 2.24) is 10.1 Å². The lowest BCUT2D eigenvalue weighted by atomic mass is 10.2. The van der Waals surface area contributed by atoms with Crippen molar-refractivity contribution in [3.8, 4) is 11.5 Å². The highest BCUT2D eigenvalue weighted by atomic mass is 35.5. The fraction of sp³-hybridized carbons (Fsp3) is 0.125. The molecule has 0 unspecified atom stereocenters. The molecule has 0 radical (unpaired) electrons. The molecule has 3 rings (SSSR count). The molecule has 0 aliphatic rings. The summed E-state index contributed by atoms with van der Waals surface area (Å²) >= 11 is 5.84. The number of carbonyl (C=O) groups is 2. The number of esters is 1. The lowest BCUT2D eigenvalue weighted by Gasteiger charge is -2.11. The van der Waals surface area contributed by atoms with Crippen LogP contribution in [0, 0.1) is 0 Å². The van der Waals surface area contributed by atoms with E-state index in [2.05, 4.69) is 15.2 Å². The van der Waals surface area contributed by atoms with Gasteiger partial charge in [-0.25, -0.2) is 23.4 Å². The highest BCUT2D eigenvalue weighted by Crippen LogP contribution is 2.29. The second-order valence-electron chi connectivity index (χ2n) is 6.97. The summed E-state index contributed by atoms with van der Waals surface area (Å²) in [5.41, 5.74) is 3.12. The quantitative estimate of drug-likeness (QED) is 0.185. The summed E-state index contributed by atoms with van der Waals surface area (Å²) in [7, 11) is -3.81. The number of rotatable bonds is 10. The Morgan fingerprint density at radius 3 is 2.40 bits per heavy atom. The van der Waals surface area contributed by atoms with Crippen molar-refractivity contribution >= 4 is 39.7 Å². The lowest BCUT2D eigenvalue weighted by molar-refractivity contribution is -0.119. The Morgan fingerprint density at radius 1 is 1.00 bits per heavy atom. The van der Waals surface area contributed by atoms with Crippen molar-refractivity contribution in [3.63, 3.8) is 0 Å². The maximum atomic E-state index is 12.4. The second-order valence-corrected chi connectivity index (χ2v) is 9.17. The van der Waals surface area contributed by atoms with E-state index in [1.807, 2.05) is 0 Å². The van der Waals surface area contributed by atoms with Gasteiger partial charge in [0, 0.05) is 5.02 Å². The van der Waals surface area contributed by atoms with Crippen molar-refractivity contribution in [2.24, 2.45) is 5.10 Å². The van der Waals surface area contributed by atoms with Gasteiger partial charge in [0.25, 0.3) is 5.91 Å². The molecule has 0 saturated carbocycles. The third kappa shape index (κ3) is 7.64. The molecule has 0 bridgehead atoms. The van der Waals surface area contributed by atoms with Gasteiger partial charge in [-0.3, -0.25) is 4.79 Å². The molecule has 9 nitrogen and oxygen atoms in total. The molecule has 0 aromatic heterocycles. The standard InChI is InChI=1S/C24H22ClN3O6S/c1-2-33-22-14-17(8-13-21(22)34-24(30)18-9-11-19(25)12-10-18)15-26-28-23(29)16-27-35(31,32)20-6-4-3-5-7-20/h3-15,27H,2,16H2,1H3,(H,28,29). The van der Waals surface area contributed by atoms with E-state index in [1.54, 1.807) is 61.5 Å². The zero-order valence-corrected chi connectivity index (χ0v) is 20.2. The second kappa shape index (κ2) is 12.1. The Labute approximate surface area is 207 Å². The normalized spacial score (nSPS) is 11.3. The Hall–Kier alpha value is -3.73. The Morgan fingerprint density at radius 2 is 1.71 bits per heavy atom. The minimum absolute atomic E-state index is 0.0524. The zero-order chi connectivity index (χ0) is 25.3. The summed E-state index contributed by atoms with van der Waals surface area (Å²) in [4.78, 5) is 24.4. The van der Waals surface area contributed by atoms with Gasteiger partial charge in [-0.15, -0.1) is 0 Å². The Kier molecular flexibility index (Phi) is 8.96. The van der Waals surface area contributed by atoms with E-state index >= 15 is 0 Å². The van der Waals surface area contributed by atoms with Gasteiger partial charge in [-0.05, 0) is 67.1 Å². The van der Waals surface area contributed by atoms with E-state index in [-0.39, 0.29) is 10.6 Å². The molecule has 0 saturated heterocycles. The monoisotopic (exact) mass is 515 g/mol. The lowest BCUT2D eigenvalue weighted by Crippen LogP contribution is -2.34. The van der Waals surface area contributed by atoms with Crippen LogP contribution in [0.4, 0.5) is 0 Å². The maximum absolute atomic E-state index is 12.4. The van der Waals surface area contributed by atoms with E-state index in [1.165, 1.54) is 24.4 Å². The average Bonchev–Trinajstić information content (AvgIpc) is 2.85. The topological polar surface area (TPSA) is 123 Å². The van der Waals surface area contributed by atoms with Crippen LogP contribution >= 0.6 is 11.6 Å². The predicted molar refractivity (Wildman–Crippen MR) is 131 cm³/mol. The van der Waals surface area contributed by atoms with E-state index in [4.69, 9.17) is 21.1 Å². The number of hydrazone groups is 1. The molecule has 0 fully saturated rings. The van der Waals surface area contributed by atoms with Gasteiger partial charge in [0.15, 0.2) is 11.5 Å². The summed E-state index contributed by atoms with van der Waals surface area (Å²) in [5, 5.41) is 4.33. The largest absolute Gasteiger partial charge is 0.490 e. The van der Waals surface area contributed by atoms with Crippen LogP contribution in [0.15, 0.2) is 82.8 Å². The van der Waals surface area contributed by atoms with Crippen LogP contribution in [0.5, 0.6) is 11.5 Å². The van der Waals surface area contributed by atoms with Crippen LogP contribution in [0.3, 0.4) is 0 Å². The fourth-order valence-electron chi connectivity index (χ4n) is 2.76. The first-order valence-electron chi connectivity index (χ1n) is 10.4. The van der Waals surface area contributed by atoms with Crippen LogP contribution in [-0.4, -0.2) is 39.7 Å². The molecule has 0 heterocycles. The van der Waals surface area contributed by atoms with Gasteiger partial charge >= 0.3 is 5.97 Å². The Bertz CT molecular complexity index is 1310. The molecule has 182 valence electrons. The first kappa shape index (κ1) is 25.9. The number of benzene rings is 3. The number of hydrogen-bond donors (Lipinski definition) is 2. The SMILES string of the molecule is CCOc1cc(C=NNC(=O)CNS(=O)(=O)c2ccccc2)ccc1OC(=O)c1ccc(Cl)cc1. The van der Waals surface area contributed by atoms with Crippen molar-refractivity contribution in [1.29, 1.82) is 0 Å². The highest BCUT2D eigenvalue weighted by Gasteiger charge is 2.15. The molecular weight excluding hydrogens is 494 g/mol. The number of ether oxygens (including phenoxy) is 2. The molecule has 3 aromatic rings. The van der Waals surface area contributed by atoms with Crippen LogP contribution in [0.25, 0.3) is 0 Å². The number of halogens is 1. The van der Waals surface area contributed by atoms with Gasteiger partial charge in [-0.1, -0.05) is 29.8 Å². The van der Waals surface area contributed by atoms with Crippen LogP contribution in [0.2, 0.25) is 5.02 Å². The molecule has 0 atom stereocenters. The minimum atomic E-state index is -3.81. The van der Waals surface area contributed by atoms with Gasteiger partial charge < -0.3 is 9.47 Å². The molecule has 0 aliphatic heterocycles. The van der Waals surface area contributed by atoms with E-state index < -0.39 is 28.4 Å². The number of carbonyl (C=O) groups excluding carboxylic acids is 2. The summed E-state index contributed by atoms with van der Waals surface area (Å²) in [5.74, 6) is -0.711. The molecule has 1 amide bonds. The van der Waals surface area contributed by atoms with Gasteiger partial charge in [-0.2, -0.15) is 5.10 Å². The first-order valence-corrected chi connectivity index (χ1v) is 12.3. The van der Waals surface area contributed by atoms with E-state index in [0.29, 0.717) is 28.5 Å². The molecule has 3 aromatic carbocycles. The smallest absolute Gasteiger partial charge is 0.343 e. The zero-order valence-electron chi connectivity index (χ0n) is 18.6. The Balaban J connectivity index is 1.59. The van der Waals surface area contributed by atoms with E-state index in [0.717, 1.165) is 0 Å². The van der Waals surface area contributed by atoms with Crippen LogP contribution in [-0.2, 0) is 14.8 Å². The third-order valence-electron chi connectivity index (χ3n) is 4.43. The summed E-state index contributed by atoms with van der Waals surface area (Å²) in [6, 6.07) is 18.7. The number of amides is 1. The predicted octanol–water partition coefficient (Wildman–Crippen LogP) is 3.39. The van der Waals surface area contributed by atoms with Crippen molar-refractivity contribution < 1.29 is 27.5 Å². The number of sulfonamides is 1. The number of nitrogens with zero attached hydrogens (tertiary/aromatic N) is 1. The molecule has 11 heteroatoms. The number of nitrogens with one attached hydrogen (secondary N) is 2. The molecule has 2 N–H and O–H groups in total. The van der Waals surface area contributed by atoms with Gasteiger partial charge in [0.2, 0.25) is 10.0 Å². The number of hydrogen-bond acceptors (Lipinski definition) is 7. The first-order chi connectivity index (χ1) is 16.8. The molecule has 0 spiro atoms. The fourth-order valence-corrected chi connectivity index (χ4v) is 3.89. The minimum Gasteiger partial charge on any atom is -0.490 e. The molecule has 35 heavy (non-hydrogen) atoms. The summed E-state index contributed by atoms with van der Waals surface area (Å²) in [6.45, 7) is 1.62. The molecule has 0 aliphatic carbocycles. The van der Waals surface area contributed by atoms with Gasteiger partial charge in [0.05, 0.1) is 29.8 Å². The maximum Gasteiger partial charge on any atom is 0.343 e. The van der Waals surface area contributed by atoms with Crippen LogP contribution in [0.1, 0.15) is 22.8 Å². The van der Waals surface area contributed by atoms with Gasteiger partial charge in [0.1, 0.15) is 0 Å².